The van der Waals surface area contributed by atoms with E-state index in [-0.39, 0.29) is 6.61 Å². The molecular formula is C17H12Cl2N2O2. The summed E-state index contributed by atoms with van der Waals surface area (Å²) in [5.74, 6) is 0.243. The second-order valence-corrected chi connectivity index (χ2v) is 5.65. The predicted molar refractivity (Wildman–Crippen MR) is 92.0 cm³/mol. The Morgan fingerprint density at radius 2 is 2.04 bits per heavy atom. The van der Waals surface area contributed by atoms with E-state index in [9.17, 15) is 4.79 Å². The minimum atomic E-state index is -0.405. The van der Waals surface area contributed by atoms with Gasteiger partial charge in [0, 0.05) is 5.56 Å². The van der Waals surface area contributed by atoms with Crippen molar-refractivity contribution in [2.24, 2.45) is 0 Å². The Labute approximate surface area is 142 Å². The van der Waals surface area contributed by atoms with E-state index in [0.29, 0.717) is 21.4 Å². The lowest BCUT2D eigenvalue weighted by Crippen LogP contribution is -2.04. The number of benzene rings is 2. The first-order chi connectivity index (χ1) is 11.1. The molecule has 116 valence electrons. The molecule has 1 heterocycles. The molecule has 0 aliphatic heterocycles. The molecule has 23 heavy (non-hydrogen) atoms. The van der Waals surface area contributed by atoms with Crippen molar-refractivity contribution in [3.63, 3.8) is 0 Å². The molecule has 1 aromatic heterocycles. The Morgan fingerprint density at radius 3 is 2.78 bits per heavy atom. The van der Waals surface area contributed by atoms with Crippen LogP contribution in [0.4, 0.5) is 0 Å². The van der Waals surface area contributed by atoms with Crippen LogP contribution < -0.4 is 0 Å². The molecule has 2 aromatic carbocycles. The van der Waals surface area contributed by atoms with Gasteiger partial charge in [0.25, 0.3) is 0 Å². The molecule has 3 rings (SSSR count). The van der Waals surface area contributed by atoms with Crippen LogP contribution in [0.5, 0.6) is 0 Å². The summed E-state index contributed by atoms with van der Waals surface area (Å²) in [6, 6.07) is 10.4. The number of rotatable bonds is 4. The molecule has 0 atom stereocenters. The smallest absolute Gasteiger partial charge is 0.338 e. The van der Waals surface area contributed by atoms with Crippen molar-refractivity contribution in [2.45, 2.75) is 0 Å². The van der Waals surface area contributed by atoms with Crippen molar-refractivity contribution in [2.75, 3.05) is 6.61 Å². The van der Waals surface area contributed by atoms with Gasteiger partial charge in [0.15, 0.2) is 0 Å². The first-order valence-electron chi connectivity index (χ1n) is 6.81. The van der Waals surface area contributed by atoms with Gasteiger partial charge >= 0.3 is 5.97 Å². The van der Waals surface area contributed by atoms with E-state index in [1.165, 1.54) is 6.08 Å². The van der Waals surface area contributed by atoms with Crippen LogP contribution in [0, 0.1) is 0 Å². The molecule has 0 fully saturated rings. The van der Waals surface area contributed by atoms with Crippen molar-refractivity contribution in [3.05, 3.63) is 64.7 Å². The molecule has 0 unspecified atom stereocenters. The normalized spacial score (nSPS) is 10.7. The molecule has 0 aliphatic carbocycles. The van der Waals surface area contributed by atoms with Crippen LogP contribution in [0.25, 0.3) is 22.4 Å². The summed E-state index contributed by atoms with van der Waals surface area (Å²) in [6.07, 6.45) is 1.52. The van der Waals surface area contributed by atoms with Crippen LogP contribution in [0.3, 0.4) is 0 Å². The van der Waals surface area contributed by atoms with E-state index in [2.05, 4.69) is 16.5 Å². The summed E-state index contributed by atoms with van der Waals surface area (Å²) in [5, 5.41) is 0.942. The van der Waals surface area contributed by atoms with E-state index >= 15 is 0 Å². The average Bonchev–Trinajstić information content (AvgIpc) is 2.98. The first kappa shape index (κ1) is 15.6. The fourth-order valence-corrected chi connectivity index (χ4v) is 2.43. The maximum Gasteiger partial charge on any atom is 0.338 e. The number of carbonyl (C=O) groups is 1. The molecule has 0 amide bonds. The van der Waals surface area contributed by atoms with Crippen molar-refractivity contribution < 1.29 is 9.53 Å². The van der Waals surface area contributed by atoms with E-state index in [4.69, 9.17) is 27.9 Å². The van der Waals surface area contributed by atoms with Crippen molar-refractivity contribution in [3.8, 4) is 11.4 Å². The molecule has 0 saturated carbocycles. The number of carbonyl (C=O) groups excluding carboxylic acids is 1. The topological polar surface area (TPSA) is 55.0 Å². The predicted octanol–water partition coefficient (Wildman–Crippen LogP) is 4.88. The molecule has 0 saturated heterocycles. The van der Waals surface area contributed by atoms with Crippen LogP contribution in [0.15, 0.2) is 49.1 Å². The molecule has 0 aliphatic rings. The van der Waals surface area contributed by atoms with Crippen molar-refractivity contribution in [1.29, 1.82) is 0 Å². The van der Waals surface area contributed by atoms with Crippen LogP contribution in [-0.2, 0) is 4.74 Å². The maximum absolute atomic E-state index is 11.9. The average molecular weight is 347 g/mol. The number of nitrogens with zero attached hydrogens (tertiary/aromatic N) is 1. The number of aromatic amines is 1. The first-order valence-corrected chi connectivity index (χ1v) is 7.57. The van der Waals surface area contributed by atoms with Crippen LogP contribution >= 0.6 is 23.2 Å². The van der Waals surface area contributed by atoms with Gasteiger partial charge in [0.1, 0.15) is 12.4 Å². The number of esters is 1. The van der Waals surface area contributed by atoms with Crippen molar-refractivity contribution in [1.82, 2.24) is 9.97 Å². The van der Waals surface area contributed by atoms with Gasteiger partial charge in [-0.25, -0.2) is 9.78 Å². The second-order valence-electron chi connectivity index (χ2n) is 4.83. The minimum Gasteiger partial charge on any atom is -0.458 e. The molecule has 0 spiro atoms. The summed E-state index contributed by atoms with van der Waals surface area (Å²) in [6.45, 7) is 3.69. The Hall–Kier alpha value is -2.30. The van der Waals surface area contributed by atoms with Gasteiger partial charge in [-0.3, -0.25) is 0 Å². The molecular weight excluding hydrogens is 335 g/mol. The SMILES string of the molecule is C=CCOC(=O)c1ccc2nc(-c3ccc(Cl)c(Cl)c3)[nH]c2c1. The number of hydrogen-bond acceptors (Lipinski definition) is 3. The third-order valence-electron chi connectivity index (χ3n) is 3.24. The van der Waals surface area contributed by atoms with Gasteiger partial charge in [-0.15, -0.1) is 0 Å². The van der Waals surface area contributed by atoms with Gasteiger partial charge in [-0.2, -0.15) is 0 Å². The van der Waals surface area contributed by atoms with Gasteiger partial charge in [0.05, 0.1) is 26.6 Å². The monoisotopic (exact) mass is 346 g/mol. The molecule has 4 nitrogen and oxygen atoms in total. The van der Waals surface area contributed by atoms with Crippen LogP contribution in [-0.4, -0.2) is 22.5 Å². The second kappa shape index (κ2) is 6.44. The maximum atomic E-state index is 11.9. The molecule has 0 radical (unpaired) electrons. The number of fused-ring (bicyclic) bond motifs is 1. The fourth-order valence-electron chi connectivity index (χ4n) is 2.13. The Kier molecular flexibility index (Phi) is 4.37. The minimum absolute atomic E-state index is 0.175. The lowest BCUT2D eigenvalue weighted by Gasteiger charge is -2.01. The largest absolute Gasteiger partial charge is 0.458 e. The van der Waals surface area contributed by atoms with Crippen LogP contribution in [0.1, 0.15) is 10.4 Å². The standard InChI is InChI=1S/C17H12Cl2N2O2/c1-2-7-23-17(22)11-4-6-14-15(9-11)21-16(20-14)10-3-5-12(18)13(19)8-10/h2-6,8-9H,1,7H2,(H,20,21). The number of halogens is 2. The molecule has 6 heteroatoms. The highest BCUT2D eigenvalue weighted by Gasteiger charge is 2.11. The zero-order valence-electron chi connectivity index (χ0n) is 12.0. The molecule has 1 N–H and O–H groups in total. The highest BCUT2D eigenvalue weighted by molar-refractivity contribution is 6.42. The number of hydrogen-bond donors (Lipinski definition) is 1. The highest BCUT2D eigenvalue weighted by Crippen LogP contribution is 2.28. The summed E-state index contributed by atoms with van der Waals surface area (Å²) in [4.78, 5) is 19.5. The third-order valence-corrected chi connectivity index (χ3v) is 3.98. The van der Waals surface area contributed by atoms with Crippen LogP contribution in [0.2, 0.25) is 10.0 Å². The zero-order chi connectivity index (χ0) is 16.4. The van der Waals surface area contributed by atoms with Gasteiger partial charge < -0.3 is 9.72 Å². The van der Waals surface area contributed by atoms with Gasteiger partial charge in [0.2, 0.25) is 0 Å². The Bertz CT molecular complexity index is 903. The van der Waals surface area contributed by atoms with Crippen molar-refractivity contribution >= 4 is 40.2 Å². The number of imidazole rings is 1. The van der Waals surface area contributed by atoms with E-state index in [0.717, 1.165) is 16.6 Å². The van der Waals surface area contributed by atoms with Gasteiger partial charge in [-0.1, -0.05) is 35.9 Å². The fraction of sp³-hybridized carbons (Fsp3) is 0.0588. The number of aromatic nitrogens is 2. The lowest BCUT2D eigenvalue weighted by atomic mass is 10.2. The number of nitrogens with one attached hydrogen (secondary N) is 1. The highest BCUT2D eigenvalue weighted by atomic mass is 35.5. The van der Waals surface area contributed by atoms with E-state index in [1.807, 2.05) is 6.07 Å². The lowest BCUT2D eigenvalue weighted by molar-refractivity contribution is 0.0550. The summed E-state index contributed by atoms with van der Waals surface area (Å²) < 4.78 is 5.02. The molecule has 0 bridgehead atoms. The zero-order valence-corrected chi connectivity index (χ0v) is 13.5. The summed E-state index contributed by atoms with van der Waals surface area (Å²) in [7, 11) is 0. The quantitative estimate of drug-likeness (QED) is 0.541. The Balaban J connectivity index is 1.97. The third kappa shape index (κ3) is 3.23. The van der Waals surface area contributed by atoms with E-state index < -0.39 is 5.97 Å². The number of H-pyrrole nitrogens is 1. The van der Waals surface area contributed by atoms with E-state index in [1.54, 1.807) is 30.3 Å². The summed E-state index contributed by atoms with van der Waals surface area (Å²) >= 11 is 12.0. The Morgan fingerprint density at radius 1 is 1.22 bits per heavy atom. The molecule has 3 aromatic rings. The number of ether oxygens (including phenoxy) is 1. The van der Waals surface area contributed by atoms with Gasteiger partial charge in [-0.05, 0) is 36.4 Å². The summed E-state index contributed by atoms with van der Waals surface area (Å²) in [5.41, 5.74) is 2.74.